The van der Waals surface area contributed by atoms with Crippen LogP contribution in [0.5, 0.6) is 0 Å². The molecule has 1 aliphatic rings. The third-order valence-corrected chi connectivity index (χ3v) is 3.97. The molecule has 1 aromatic heterocycles. The molecule has 0 radical (unpaired) electrons. The molecule has 0 amide bonds. The van der Waals surface area contributed by atoms with Gasteiger partial charge in [0.1, 0.15) is 5.82 Å². The zero-order valence-corrected chi connectivity index (χ0v) is 11.4. The summed E-state index contributed by atoms with van der Waals surface area (Å²) >= 11 is 0. The van der Waals surface area contributed by atoms with Crippen molar-refractivity contribution in [1.29, 1.82) is 0 Å². The normalized spacial score (nSPS) is 22.9. The summed E-state index contributed by atoms with van der Waals surface area (Å²) in [6.45, 7) is 7.35. The van der Waals surface area contributed by atoms with E-state index in [-0.39, 0.29) is 0 Å². The van der Waals surface area contributed by atoms with E-state index in [0.717, 1.165) is 17.0 Å². The van der Waals surface area contributed by atoms with Crippen LogP contribution in [0.4, 0.5) is 0 Å². The molecule has 0 bridgehead atoms. The largest absolute Gasteiger partial charge is 0.326 e. The maximum absolute atomic E-state index is 5.71. The Morgan fingerprint density at radius 2 is 2.17 bits per heavy atom. The molecule has 0 aliphatic heterocycles. The van der Waals surface area contributed by atoms with Crippen LogP contribution in [0.15, 0.2) is 18.2 Å². The molecule has 1 aromatic carbocycles. The summed E-state index contributed by atoms with van der Waals surface area (Å²) in [6.07, 6.45) is 1.28. The Morgan fingerprint density at radius 3 is 2.72 bits per heavy atom. The number of benzene rings is 1. The predicted molar refractivity (Wildman–Crippen MR) is 74.5 cm³/mol. The number of nitrogens with zero attached hydrogens (tertiary/aromatic N) is 2. The highest BCUT2D eigenvalue weighted by molar-refractivity contribution is 5.77. The molecule has 18 heavy (non-hydrogen) atoms. The molecule has 2 aromatic rings. The first-order valence-electron chi connectivity index (χ1n) is 6.82. The number of hydrogen-bond acceptors (Lipinski definition) is 2. The summed E-state index contributed by atoms with van der Waals surface area (Å²) in [5, 5.41) is 0. The van der Waals surface area contributed by atoms with Crippen LogP contribution < -0.4 is 5.73 Å². The summed E-state index contributed by atoms with van der Waals surface area (Å²) in [5.74, 6) is 2.70. The number of nitrogens with two attached hydrogens (primary N) is 1. The SMILES string of the molecule is CC1CC1c1nc2cc(CN)ccc2n1C(C)C. The number of hydrogen-bond donors (Lipinski definition) is 1. The van der Waals surface area contributed by atoms with E-state index in [1.807, 2.05) is 0 Å². The van der Waals surface area contributed by atoms with Crippen LogP contribution in [0.3, 0.4) is 0 Å². The average molecular weight is 243 g/mol. The van der Waals surface area contributed by atoms with Crippen molar-refractivity contribution in [2.24, 2.45) is 11.7 Å². The molecule has 3 rings (SSSR count). The second-order valence-corrected chi connectivity index (χ2v) is 5.78. The molecule has 2 atom stereocenters. The molecule has 0 spiro atoms. The van der Waals surface area contributed by atoms with Gasteiger partial charge in [0.2, 0.25) is 0 Å². The lowest BCUT2D eigenvalue weighted by atomic mass is 10.2. The van der Waals surface area contributed by atoms with E-state index >= 15 is 0 Å². The van der Waals surface area contributed by atoms with E-state index < -0.39 is 0 Å². The zero-order valence-electron chi connectivity index (χ0n) is 11.4. The van der Waals surface area contributed by atoms with E-state index in [1.165, 1.54) is 17.8 Å². The highest BCUT2D eigenvalue weighted by Gasteiger charge is 2.38. The standard InChI is InChI=1S/C15H21N3/c1-9(2)18-14-5-4-11(8-16)7-13(14)17-15(18)12-6-10(12)3/h4-5,7,9-10,12H,6,8,16H2,1-3H3. The van der Waals surface area contributed by atoms with E-state index in [2.05, 4.69) is 43.5 Å². The smallest absolute Gasteiger partial charge is 0.113 e. The van der Waals surface area contributed by atoms with Gasteiger partial charge in [0.25, 0.3) is 0 Å². The lowest BCUT2D eigenvalue weighted by molar-refractivity contribution is 0.580. The summed E-state index contributed by atoms with van der Waals surface area (Å²) < 4.78 is 2.39. The quantitative estimate of drug-likeness (QED) is 0.899. The Bertz CT molecular complexity index is 583. The fourth-order valence-electron chi connectivity index (χ4n) is 2.78. The maximum atomic E-state index is 5.71. The first-order valence-corrected chi connectivity index (χ1v) is 6.82. The van der Waals surface area contributed by atoms with Crippen molar-refractivity contribution in [2.45, 2.75) is 45.7 Å². The van der Waals surface area contributed by atoms with Crippen molar-refractivity contribution in [3.8, 4) is 0 Å². The van der Waals surface area contributed by atoms with Crippen LogP contribution in [0, 0.1) is 5.92 Å². The Labute approximate surface area is 108 Å². The second-order valence-electron chi connectivity index (χ2n) is 5.78. The van der Waals surface area contributed by atoms with Gasteiger partial charge in [-0.3, -0.25) is 0 Å². The van der Waals surface area contributed by atoms with Crippen molar-refractivity contribution in [3.05, 3.63) is 29.6 Å². The fraction of sp³-hybridized carbons (Fsp3) is 0.533. The minimum atomic E-state index is 0.460. The van der Waals surface area contributed by atoms with Crippen molar-refractivity contribution in [2.75, 3.05) is 0 Å². The van der Waals surface area contributed by atoms with Gasteiger partial charge >= 0.3 is 0 Å². The molecule has 0 saturated heterocycles. The van der Waals surface area contributed by atoms with Gasteiger partial charge in [0, 0.05) is 18.5 Å². The van der Waals surface area contributed by atoms with Crippen LogP contribution in [-0.4, -0.2) is 9.55 Å². The van der Waals surface area contributed by atoms with Gasteiger partial charge in [-0.2, -0.15) is 0 Å². The van der Waals surface area contributed by atoms with E-state index in [9.17, 15) is 0 Å². The van der Waals surface area contributed by atoms with E-state index in [4.69, 9.17) is 10.7 Å². The van der Waals surface area contributed by atoms with Gasteiger partial charge in [-0.25, -0.2) is 4.98 Å². The first-order chi connectivity index (χ1) is 8.61. The topological polar surface area (TPSA) is 43.8 Å². The monoisotopic (exact) mass is 243 g/mol. The van der Waals surface area contributed by atoms with Crippen molar-refractivity contribution in [3.63, 3.8) is 0 Å². The van der Waals surface area contributed by atoms with Gasteiger partial charge in [-0.15, -0.1) is 0 Å². The summed E-state index contributed by atoms with van der Waals surface area (Å²) in [7, 11) is 0. The summed E-state index contributed by atoms with van der Waals surface area (Å²) in [4.78, 5) is 4.86. The lowest BCUT2D eigenvalue weighted by Gasteiger charge is -2.12. The zero-order chi connectivity index (χ0) is 12.9. The number of rotatable bonds is 3. The molecule has 3 nitrogen and oxygen atoms in total. The third-order valence-electron chi connectivity index (χ3n) is 3.97. The molecule has 1 aliphatic carbocycles. The molecule has 3 heteroatoms. The van der Waals surface area contributed by atoms with Gasteiger partial charge in [0.05, 0.1) is 11.0 Å². The summed E-state index contributed by atoms with van der Waals surface area (Å²) in [5.41, 5.74) is 9.21. The van der Waals surface area contributed by atoms with Crippen molar-refractivity contribution < 1.29 is 0 Å². The molecule has 96 valence electrons. The molecular weight excluding hydrogens is 222 g/mol. The first kappa shape index (κ1) is 11.7. The van der Waals surface area contributed by atoms with Crippen LogP contribution in [-0.2, 0) is 6.54 Å². The van der Waals surface area contributed by atoms with E-state index in [0.29, 0.717) is 18.5 Å². The van der Waals surface area contributed by atoms with Crippen LogP contribution in [0.25, 0.3) is 11.0 Å². The third kappa shape index (κ3) is 1.74. The van der Waals surface area contributed by atoms with E-state index in [1.54, 1.807) is 0 Å². The minimum Gasteiger partial charge on any atom is -0.326 e. The highest BCUT2D eigenvalue weighted by Crippen LogP contribution is 2.47. The van der Waals surface area contributed by atoms with Crippen molar-refractivity contribution in [1.82, 2.24) is 9.55 Å². The number of imidazole rings is 1. The number of aromatic nitrogens is 2. The Kier molecular flexibility index (Phi) is 2.67. The second kappa shape index (κ2) is 4.09. The maximum Gasteiger partial charge on any atom is 0.113 e. The molecule has 1 heterocycles. The number of fused-ring (bicyclic) bond motifs is 1. The Hall–Kier alpha value is -1.35. The predicted octanol–water partition coefficient (Wildman–Crippen LogP) is 3.20. The van der Waals surface area contributed by atoms with Gasteiger partial charge < -0.3 is 10.3 Å². The van der Waals surface area contributed by atoms with Crippen LogP contribution in [0.2, 0.25) is 0 Å². The van der Waals surface area contributed by atoms with Gasteiger partial charge in [-0.05, 0) is 43.9 Å². The molecule has 1 saturated carbocycles. The van der Waals surface area contributed by atoms with Crippen LogP contribution >= 0.6 is 0 Å². The average Bonchev–Trinajstić information content (AvgIpc) is 2.94. The minimum absolute atomic E-state index is 0.460. The lowest BCUT2D eigenvalue weighted by Crippen LogP contribution is -2.05. The summed E-state index contributed by atoms with van der Waals surface area (Å²) in [6, 6.07) is 6.87. The highest BCUT2D eigenvalue weighted by atomic mass is 15.1. The fourth-order valence-corrected chi connectivity index (χ4v) is 2.78. The van der Waals surface area contributed by atoms with Gasteiger partial charge in [-0.1, -0.05) is 13.0 Å². The van der Waals surface area contributed by atoms with Gasteiger partial charge in [0.15, 0.2) is 0 Å². The molecule has 1 fully saturated rings. The molecule has 2 unspecified atom stereocenters. The Balaban J connectivity index is 2.19. The molecule has 2 N–H and O–H groups in total. The molecular formula is C15H21N3. The van der Waals surface area contributed by atoms with Crippen LogP contribution in [0.1, 0.15) is 50.5 Å². The Morgan fingerprint density at radius 1 is 1.44 bits per heavy atom. The van der Waals surface area contributed by atoms with Crippen molar-refractivity contribution >= 4 is 11.0 Å².